The van der Waals surface area contributed by atoms with Crippen molar-refractivity contribution in [2.75, 3.05) is 12.8 Å². The summed E-state index contributed by atoms with van der Waals surface area (Å²) in [6.45, 7) is 27.1. The second-order valence-electron chi connectivity index (χ2n) is 17.4. The summed E-state index contributed by atoms with van der Waals surface area (Å²) in [4.78, 5) is 9.62. The summed E-state index contributed by atoms with van der Waals surface area (Å²) in [5, 5.41) is 11.6. The van der Waals surface area contributed by atoms with E-state index < -0.39 is 24.0 Å². The van der Waals surface area contributed by atoms with Crippen molar-refractivity contribution < 1.29 is 23.4 Å². The third-order valence-electron chi connectivity index (χ3n) is 11.7. The molecular formula is C35H71O5PSi2. The third-order valence-corrected chi connectivity index (χ3v) is 21.9. The lowest BCUT2D eigenvalue weighted by Gasteiger charge is -2.51. The van der Waals surface area contributed by atoms with Crippen molar-refractivity contribution in [1.29, 1.82) is 0 Å². The molecule has 0 aromatic rings. The number of hydrogen-bond acceptors (Lipinski definition) is 4. The van der Waals surface area contributed by atoms with Gasteiger partial charge in [0.25, 0.3) is 0 Å². The first kappa shape index (κ1) is 39.4. The highest BCUT2D eigenvalue weighted by Gasteiger charge is 2.49. The highest BCUT2D eigenvalue weighted by molar-refractivity contribution is 7.57. The molecule has 0 radical (unpaired) electrons. The topological polar surface area (TPSA) is 76.0 Å². The molecule has 0 aromatic carbocycles. The number of unbranched alkanes of at least 4 members (excludes halogenated alkanes) is 3. The molecule has 0 bridgehead atoms. The van der Waals surface area contributed by atoms with Gasteiger partial charge in [0, 0.05) is 18.7 Å². The van der Waals surface area contributed by atoms with Gasteiger partial charge in [-0.2, -0.15) is 0 Å². The molecule has 2 aliphatic carbocycles. The van der Waals surface area contributed by atoms with Gasteiger partial charge in [-0.1, -0.05) is 92.7 Å². The van der Waals surface area contributed by atoms with E-state index in [0.717, 1.165) is 38.5 Å². The highest BCUT2D eigenvalue weighted by Crippen LogP contribution is 2.52. The van der Waals surface area contributed by atoms with Crippen LogP contribution in [0.5, 0.6) is 0 Å². The van der Waals surface area contributed by atoms with Crippen molar-refractivity contribution >= 4 is 24.0 Å². The van der Waals surface area contributed by atoms with E-state index in [-0.39, 0.29) is 40.2 Å². The monoisotopic (exact) mass is 658 g/mol. The Bertz CT molecular complexity index is 925. The van der Waals surface area contributed by atoms with Crippen LogP contribution in [-0.2, 0) is 13.4 Å². The Morgan fingerprint density at radius 2 is 1.56 bits per heavy atom. The van der Waals surface area contributed by atoms with E-state index >= 15 is 0 Å². The first-order chi connectivity index (χ1) is 19.6. The molecule has 2 saturated carbocycles. The summed E-state index contributed by atoms with van der Waals surface area (Å²) in [6, 6.07) is 0. The van der Waals surface area contributed by atoms with Crippen molar-refractivity contribution in [3.05, 3.63) is 12.2 Å². The van der Waals surface area contributed by atoms with Gasteiger partial charge in [-0.25, -0.2) is 0 Å². The molecule has 0 saturated heterocycles. The van der Waals surface area contributed by atoms with Crippen LogP contribution in [0.2, 0.25) is 36.3 Å². The summed E-state index contributed by atoms with van der Waals surface area (Å²) < 4.78 is 25.9. The quantitative estimate of drug-likeness (QED) is 0.0704. The maximum Gasteiger partial charge on any atom is 0.197 e. The molecule has 2 rings (SSSR count). The van der Waals surface area contributed by atoms with Gasteiger partial charge in [-0.15, -0.1) is 0 Å². The van der Waals surface area contributed by atoms with Crippen LogP contribution in [-0.4, -0.2) is 57.8 Å². The van der Waals surface area contributed by atoms with E-state index in [1.165, 1.54) is 38.8 Å². The van der Waals surface area contributed by atoms with Crippen LogP contribution < -0.4 is 0 Å². The fourth-order valence-electron chi connectivity index (χ4n) is 6.75. The Labute approximate surface area is 269 Å². The molecule has 2 fully saturated rings. The summed E-state index contributed by atoms with van der Waals surface area (Å²) in [6.07, 6.45) is 18.0. The summed E-state index contributed by atoms with van der Waals surface area (Å²) >= 11 is 0. The molecule has 2 aliphatic rings. The molecule has 8 heteroatoms. The average Bonchev–Trinajstić information content (AvgIpc) is 3.08. The minimum atomic E-state index is -2.93. The summed E-state index contributed by atoms with van der Waals surface area (Å²) in [5.41, 5.74) is 0.303. The van der Waals surface area contributed by atoms with Crippen molar-refractivity contribution in [3.63, 3.8) is 0 Å². The molecule has 0 aliphatic heterocycles. The molecule has 6 atom stereocenters. The van der Waals surface area contributed by atoms with Crippen molar-refractivity contribution in [1.82, 2.24) is 0 Å². The SMILES string of the molecule is CCCC1(C(C/C=C/[C@H]2[C@H](O[Si](C)(C)C(C)(C)C)CC(O)[C@@H]2CCCCCCP(C)(=O)O)O[Si](C)(C)C(C)(C)C)CCC1. The summed E-state index contributed by atoms with van der Waals surface area (Å²) in [5.74, 6) is 0.392. The van der Waals surface area contributed by atoms with Crippen LogP contribution in [0.1, 0.15) is 126 Å². The molecular weight excluding hydrogens is 588 g/mol. The van der Waals surface area contributed by atoms with Crippen molar-refractivity contribution in [2.45, 2.75) is 180 Å². The van der Waals surface area contributed by atoms with Crippen molar-refractivity contribution in [2.24, 2.45) is 17.3 Å². The van der Waals surface area contributed by atoms with Crippen LogP contribution in [0.3, 0.4) is 0 Å². The van der Waals surface area contributed by atoms with Crippen LogP contribution in [0.4, 0.5) is 0 Å². The molecule has 2 N–H and O–H groups in total. The maximum atomic E-state index is 11.7. The molecule has 0 spiro atoms. The van der Waals surface area contributed by atoms with E-state index in [0.29, 0.717) is 18.0 Å². The van der Waals surface area contributed by atoms with Gasteiger partial charge in [0.05, 0.1) is 18.3 Å². The standard InChI is InChI=1S/C35H71O5PSi2/c1-13-23-35(24-19-25-35)32(40-43(11,12)34(5,6)7)22-18-21-29-28(20-16-14-15-17-26-41(8,37)38)30(36)27-31(29)39-42(9,10)33(2,3)4/h18,21,28-32,36H,13-17,19-20,22-27H2,1-12H3,(H,37,38)/b21-18+/t28-,29-,30?,31-,32?/m1/s1. The zero-order valence-electron chi connectivity index (χ0n) is 30.3. The fourth-order valence-corrected chi connectivity index (χ4v) is 10.3. The Kier molecular flexibility index (Phi) is 14.1. The lowest BCUT2D eigenvalue weighted by Crippen LogP contribution is -2.51. The van der Waals surface area contributed by atoms with E-state index in [9.17, 15) is 14.6 Å². The normalized spacial score (nSPS) is 27.3. The average molecular weight is 659 g/mol. The second kappa shape index (κ2) is 15.4. The van der Waals surface area contributed by atoms with Crippen LogP contribution in [0.15, 0.2) is 12.2 Å². The zero-order chi connectivity index (χ0) is 32.9. The van der Waals surface area contributed by atoms with Crippen LogP contribution >= 0.6 is 7.37 Å². The van der Waals surface area contributed by atoms with Crippen LogP contribution in [0.25, 0.3) is 0 Å². The lowest BCUT2D eigenvalue weighted by atomic mass is 9.62. The third kappa shape index (κ3) is 11.2. The number of aliphatic hydroxyl groups excluding tert-OH is 1. The smallest absolute Gasteiger partial charge is 0.197 e. The maximum absolute atomic E-state index is 11.7. The largest absolute Gasteiger partial charge is 0.413 e. The van der Waals surface area contributed by atoms with E-state index in [2.05, 4.69) is 86.8 Å². The number of hydrogen-bond donors (Lipinski definition) is 2. The zero-order valence-corrected chi connectivity index (χ0v) is 33.2. The van der Waals surface area contributed by atoms with Gasteiger partial charge < -0.3 is 18.9 Å². The van der Waals surface area contributed by atoms with Gasteiger partial charge >= 0.3 is 0 Å². The van der Waals surface area contributed by atoms with Gasteiger partial charge in [0.1, 0.15) is 0 Å². The van der Waals surface area contributed by atoms with Crippen molar-refractivity contribution in [3.8, 4) is 0 Å². The molecule has 43 heavy (non-hydrogen) atoms. The summed E-state index contributed by atoms with van der Waals surface area (Å²) in [7, 11) is -6.86. The Balaban J connectivity index is 2.26. The van der Waals surface area contributed by atoms with E-state index in [4.69, 9.17) is 8.85 Å². The minimum absolute atomic E-state index is 0.0468. The molecule has 254 valence electrons. The molecule has 0 aromatic heterocycles. The first-order valence-corrected chi connectivity index (χ1v) is 25.7. The minimum Gasteiger partial charge on any atom is -0.413 e. The van der Waals surface area contributed by atoms with E-state index in [1.807, 2.05) is 0 Å². The van der Waals surface area contributed by atoms with Gasteiger partial charge in [0.15, 0.2) is 24.0 Å². The molecule has 0 heterocycles. The predicted molar refractivity (Wildman–Crippen MR) is 190 cm³/mol. The first-order valence-electron chi connectivity index (χ1n) is 17.5. The van der Waals surface area contributed by atoms with E-state index in [1.54, 1.807) is 0 Å². The number of aliphatic hydroxyl groups is 1. The Morgan fingerprint density at radius 1 is 0.977 bits per heavy atom. The molecule has 5 nitrogen and oxygen atoms in total. The molecule has 3 unspecified atom stereocenters. The Morgan fingerprint density at radius 3 is 2.05 bits per heavy atom. The van der Waals surface area contributed by atoms with Crippen LogP contribution in [0, 0.1) is 17.3 Å². The molecule has 0 amide bonds. The van der Waals surface area contributed by atoms with Gasteiger partial charge in [0.2, 0.25) is 0 Å². The Hall–Kier alpha value is 0.244. The van der Waals surface area contributed by atoms with Gasteiger partial charge in [-0.3, -0.25) is 4.57 Å². The number of rotatable bonds is 17. The van der Waals surface area contributed by atoms with Gasteiger partial charge in [-0.05, 0) is 92.5 Å². The fraction of sp³-hybridized carbons (Fsp3) is 0.943. The second-order valence-corrected chi connectivity index (χ2v) is 29.5. The predicted octanol–water partition coefficient (Wildman–Crippen LogP) is 10.5. The highest BCUT2D eigenvalue weighted by atomic mass is 31.2. The lowest BCUT2D eigenvalue weighted by molar-refractivity contribution is -0.0314.